The molecule has 0 radical (unpaired) electrons. The monoisotopic (exact) mass is 460 g/mol. The quantitative estimate of drug-likeness (QED) is 0.548. The van der Waals surface area contributed by atoms with E-state index in [0.29, 0.717) is 11.5 Å². The van der Waals surface area contributed by atoms with Gasteiger partial charge in [0.05, 0.1) is 0 Å². The molecule has 0 atom stereocenters. The predicted molar refractivity (Wildman–Crippen MR) is 93.6 cm³/mol. The number of rotatable bonds is 0. The van der Waals surface area contributed by atoms with Crippen LogP contribution in [0.5, 0.6) is 11.5 Å². The van der Waals surface area contributed by atoms with Gasteiger partial charge in [0, 0.05) is 0 Å². The van der Waals surface area contributed by atoms with Crippen LogP contribution in [-0.4, -0.2) is 10.2 Å². The van der Waals surface area contributed by atoms with Crippen LogP contribution in [-0.2, 0) is 37.0 Å². The molecule has 0 bridgehead atoms. The summed E-state index contributed by atoms with van der Waals surface area (Å²) in [6.45, 7) is 12.9. The first-order chi connectivity index (χ1) is 10.00. The molecule has 0 saturated heterocycles. The van der Waals surface area contributed by atoms with Gasteiger partial charge >= 0.3 is 26.2 Å². The molecule has 0 aliphatic heterocycles. The Hall–Kier alpha value is -0.497. The van der Waals surface area contributed by atoms with Crippen molar-refractivity contribution in [2.45, 2.75) is 52.4 Å². The molecule has 0 fully saturated rings. The summed E-state index contributed by atoms with van der Waals surface area (Å²) in [5.41, 5.74) is 2.84. The topological polar surface area (TPSA) is 40.5 Å². The molecular formula is C20H28Cl2O2Zr. The molecule has 0 unspecified atom stereocenters. The summed E-state index contributed by atoms with van der Waals surface area (Å²) in [5.74, 6) is 0.663. The maximum atomic E-state index is 9.02. The summed E-state index contributed by atoms with van der Waals surface area (Å²) < 4.78 is 0. The van der Waals surface area contributed by atoms with E-state index in [9.17, 15) is 0 Å². The molecule has 0 heterocycles. The first-order valence-corrected chi connectivity index (χ1v) is 7.59. The van der Waals surface area contributed by atoms with Gasteiger partial charge in [-0.05, 0) is 46.2 Å². The Morgan fingerprint density at radius 3 is 0.880 bits per heavy atom. The summed E-state index contributed by atoms with van der Waals surface area (Å²) in [6.07, 6.45) is 0. The number of hydrogen-bond acceptors (Lipinski definition) is 2. The molecule has 2 N–H and O–H groups in total. The molecule has 5 heteroatoms. The fourth-order valence-electron chi connectivity index (χ4n) is 1.92. The fraction of sp³-hybridized carbons (Fsp3) is 0.400. The summed E-state index contributed by atoms with van der Waals surface area (Å²) >= 11 is 0. The Kier molecular flexibility index (Phi) is 14.0. The van der Waals surface area contributed by atoms with Gasteiger partial charge < -0.3 is 35.0 Å². The summed E-state index contributed by atoms with van der Waals surface area (Å²) in [5, 5.41) is 18.0. The van der Waals surface area contributed by atoms with Gasteiger partial charge in [-0.3, -0.25) is 0 Å². The number of aromatic hydroxyl groups is 2. The molecule has 2 aromatic carbocycles. The standard InChI is InChI=1S/2C10H14O.2ClH.Zr/c2*1-10(2,3)8-4-6-9(11)7-5-8;;;/h2*4-7,11H,1-3H3;2*1H;/q;;;;+2/p-2. The van der Waals surface area contributed by atoms with E-state index in [1.54, 1.807) is 24.3 Å². The molecular weight excluding hydrogens is 434 g/mol. The van der Waals surface area contributed by atoms with Gasteiger partial charge in [0.1, 0.15) is 11.5 Å². The van der Waals surface area contributed by atoms with Crippen LogP contribution in [0.1, 0.15) is 52.7 Å². The maximum absolute atomic E-state index is 9.02. The molecule has 138 valence electrons. The average molecular weight is 463 g/mol. The van der Waals surface area contributed by atoms with Crippen LogP contribution in [0, 0.1) is 0 Å². The number of halogens is 2. The molecule has 0 aliphatic rings. The van der Waals surface area contributed by atoms with E-state index < -0.39 is 0 Å². The normalized spacial score (nSPS) is 10.2. The van der Waals surface area contributed by atoms with Crippen molar-refractivity contribution in [1.82, 2.24) is 0 Å². The Morgan fingerprint density at radius 1 is 0.520 bits per heavy atom. The zero-order chi connectivity index (χ0) is 17.0. The van der Waals surface area contributed by atoms with Crippen LogP contribution in [0.4, 0.5) is 0 Å². The smallest absolute Gasteiger partial charge is 1.00 e. The maximum Gasteiger partial charge on any atom is 2.00 e. The molecule has 0 aliphatic carbocycles. The van der Waals surface area contributed by atoms with Gasteiger partial charge in [-0.15, -0.1) is 0 Å². The van der Waals surface area contributed by atoms with E-state index in [4.69, 9.17) is 10.2 Å². The minimum absolute atomic E-state index is 0. The van der Waals surface area contributed by atoms with Crippen molar-refractivity contribution < 1.29 is 61.2 Å². The van der Waals surface area contributed by atoms with Crippen molar-refractivity contribution in [2.24, 2.45) is 0 Å². The van der Waals surface area contributed by atoms with Crippen molar-refractivity contribution in [2.75, 3.05) is 0 Å². The summed E-state index contributed by atoms with van der Waals surface area (Å²) in [7, 11) is 0. The zero-order valence-corrected chi connectivity index (χ0v) is 19.7. The molecule has 25 heavy (non-hydrogen) atoms. The second-order valence-corrected chi connectivity index (χ2v) is 7.59. The minimum atomic E-state index is 0. The van der Waals surface area contributed by atoms with Gasteiger partial charge in [-0.25, -0.2) is 0 Å². The van der Waals surface area contributed by atoms with Gasteiger partial charge in [-0.2, -0.15) is 0 Å². The van der Waals surface area contributed by atoms with E-state index in [2.05, 4.69) is 41.5 Å². The van der Waals surface area contributed by atoms with Crippen molar-refractivity contribution in [1.29, 1.82) is 0 Å². The Labute approximate surface area is 184 Å². The Morgan fingerprint density at radius 2 is 0.720 bits per heavy atom. The van der Waals surface area contributed by atoms with Crippen molar-refractivity contribution in [3.8, 4) is 11.5 Å². The molecule has 0 amide bonds. The third-order valence-electron chi connectivity index (χ3n) is 3.47. The van der Waals surface area contributed by atoms with Crippen molar-refractivity contribution in [3.05, 3.63) is 59.7 Å². The van der Waals surface area contributed by atoms with Crippen molar-refractivity contribution in [3.63, 3.8) is 0 Å². The largest absolute Gasteiger partial charge is 2.00 e. The third kappa shape index (κ3) is 11.0. The second-order valence-electron chi connectivity index (χ2n) is 7.59. The van der Waals surface area contributed by atoms with Gasteiger partial charge in [0.25, 0.3) is 0 Å². The van der Waals surface area contributed by atoms with Crippen LogP contribution in [0.25, 0.3) is 0 Å². The number of benzene rings is 2. The van der Waals surface area contributed by atoms with E-state index in [1.807, 2.05) is 24.3 Å². The molecule has 2 aromatic rings. The molecule has 0 spiro atoms. The molecule has 0 aromatic heterocycles. The SMILES string of the molecule is CC(C)(C)c1ccc(O)cc1.CC(C)(C)c1ccc(O)cc1.[Cl-].[Cl-].[Zr+2]. The van der Waals surface area contributed by atoms with E-state index in [0.717, 1.165) is 0 Å². The average Bonchev–Trinajstić information content (AvgIpc) is 2.38. The summed E-state index contributed by atoms with van der Waals surface area (Å²) in [6, 6.07) is 14.7. The van der Waals surface area contributed by atoms with Gasteiger partial charge in [0.2, 0.25) is 0 Å². The summed E-state index contributed by atoms with van der Waals surface area (Å²) in [4.78, 5) is 0. The zero-order valence-electron chi connectivity index (χ0n) is 15.8. The third-order valence-corrected chi connectivity index (χ3v) is 3.47. The molecule has 2 rings (SSSR count). The number of phenolic OH excluding ortho intramolecular Hbond substituents is 2. The van der Waals surface area contributed by atoms with Crippen LogP contribution >= 0.6 is 0 Å². The first-order valence-electron chi connectivity index (χ1n) is 7.59. The van der Waals surface area contributed by atoms with E-state index in [1.165, 1.54) is 11.1 Å². The van der Waals surface area contributed by atoms with Crippen LogP contribution in [0.15, 0.2) is 48.5 Å². The Bertz CT molecular complexity index is 528. The van der Waals surface area contributed by atoms with Crippen LogP contribution in [0.3, 0.4) is 0 Å². The van der Waals surface area contributed by atoms with E-state index >= 15 is 0 Å². The van der Waals surface area contributed by atoms with E-state index in [-0.39, 0.29) is 61.8 Å². The predicted octanol–water partition coefficient (Wildman–Crippen LogP) is -0.615. The van der Waals surface area contributed by atoms with Crippen LogP contribution in [0.2, 0.25) is 0 Å². The Balaban J connectivity index is -0.000000346. The van der Waals surface area contributed by atoms with Gasteiger partial charge in [-0.1, -0.05) is 65.8 Å². The number of hydrogen-bond donors (Lipinski definition) is 2. The fourth-order valence-corrected chi connectivity index (χ4v) is 1.92. The molecule has 2 nitrogen and oxygen atoms in total. The van der Waals surface area contributed by atoms with Crippen molar-refractivity contribution >= 4 is 0 Å². The molecule has 0 saturated carbocycles. The minimum Gasteiger partial charge on any atom is -1.00 e. The van der Waals surface area contributed by atoms with Crippen LogP contribution < -0.4 is 24.8 Å². The second kappa shape index (κ2) is 12.0. The van der Waals surface area contributed by atoms with Gasteiger partial charge in [0.15, 0.2) is 0 Å². The number of phenols is 2. The first kappa shape index (κ1) is 29.3.